The molecule has 0 bridgehead atoms. The van der Waals surface area contributed by atoms with Crippen LogP contribution in [0.1, 0.15) is 5.82 Å². The maximum Gasteiger partial charge on any atom is 0.136 e. The Morgan fingerprint density at radius 1 is 1.06 bits per heavy atom. The minimum atomic E-state index is 0.720. The van der Waals surface area contributed by atoms with Gasteiger partial charge in [-0.05, 0) is 31.2 Å². The van der Waals surface area contributed by atoms with Crippen molar-refractivity contribution in [2.45, 2.75) is 6.92 Å². The van der Waals surface area contributed by atoms with Crippen molar-refractivity contribution in [2.75, 3.05) is 24.8 Å². The van der Waals surface area contributed by atoms with E-state index in [0.717, 1.165) is 28.9 Å². The van der Waals surface area contributed by atoms with Gasteiger partial charge in [0.1, 0.15) is 23.2 Å². The highest BCUT2D eigenvalue weighted by Gasteiger charge is 2.01. The summed E-state index contributed by atoms with van der Waals surface area (Å²) < 4.78 is 5.11. The average Bonchev–Trinajstić information content (AvgIpc) is 2.39. The van der Waals surface area contributed by atoms with E-state index in [2.05, 4.69) is 20.6 Å². The number of aromatic nitrogens is 2. The summed E-state index contributed by atoms with van der Waals surface area (Å²) in [6.45, 7) is 1.86. The van der Waals surface area contributed by atoms with Gasteiger partial charge in [0.25, 0.3) is 0 Å². The Hall–Kier alpha value is -2.30. The lowest BCUT2D eigenvalue weighted by Gasteiger charge is -2.08. The number of anilines is 3. The number of nitrogens with zero attached hydrogens (tertiary/aromatic N) is 2. The summed E-state index contributed by atoms with van der Waals surface area (Å²) in [7, 11) is 3.48. The van der Waals surface area contributed by atoms with E-state index < -0.39 is 0 Å². The highest BCUT2D eigenvalue weighted by molar-refractivity contribution is 5.59. The molecular weight excluding hydrogens is 228 g/mol. The number of methoxy groups -OCH3 is 1. The summed E-state index contributed by atoms with van der Waals surface area (Å²) in [4.78, 5) is 8.57. The predicted molar refractivity (Wildman–Crippen MR) is 72.6 cm³/mol. The molecule has 0 aliphatic carbocycles. The Morgan fingerprint density at radius 2 is 1.72 bits per heavy atom. The van der Waals surface area contributed by atoms with Gasteiger partial charge < -0.3 is 15.4 Å². The third kappa shape index (κ3) is 2.88. The van der Waals surface area contributed by atoms with Crippen LogP contribution in [0.25, 0.3) is 0 Å². The van der Waals surface area contributed by atoms with Crippen molar-refractivity contribution in [3.05, 3.63) is 36.2 Å². The monoisotopic (exact) mass is 244 g/mol. The molecule has 1 heterocycles. The summed E-state index contributed by atoms with van der Waals surface area (Å²) in [6, 6.07) is 9.53. The molecule has 5 heteroatoms. The molecule has 5 nitrogen and oxygen atoms in total. The summed E-state index contributed by atoms with van der Waals surface area (Å²) in [5.41, 5.74) is 0.955. The van der Waals surface area contributed by atoms with Gasteiger partial charge in [0.2, 0.25) is 0 Å². The smallest absolute Gasteiger partial charge is 0.136 e. The molecule has 0 aliphatic rings. The standard InChI is InChI=1S/C13H16N4O/c1-9-15-12(14-2)8-13(16-9)17-10-4-6-11(18-3)7-5-10/h4-8H,1-3H3,(H2,14,15,16,17). The van der Waals surface area contributed by atoms with Crippen molar-refractivity contribution in [2.24, 2.45) is 0 Å². The van der Waals surface area contributed by atoms with Crippen LogP contribution < -0.4 is 15.4 Å². The molecule has 1 aromatic carbocycles. The van der Waals surface area contributed by atoms with Gasteiger partial charge in [-0.2, -0.15) is 0 Å². The van der Waals surface area contributed by atoms with Crippen molar-refractivity contribution in [1.29, 1.82) is 0 Å². The lowest BCUT2D eigenvalue weighted by Crippen LogP contribution is -2.01. The van der Waals surface area contributed by atoms with Gasteiger partial charge >= 0.3 is 0 Å². The van der Waals surface area contributed by atoms with E-state index in [4.69, 9.17) is 4.74 Å². The molecule has 0 fully saturated rings. The molecule has 0 atom stereocenters. The van der Waals surface area contributed by atoms with Crippen LogP contribution in [-0.2, 0) is 0 Å². The molecule has 0 saturated carbocycles. The molecule has 18 heavy (non-hydrogen) atoms. The fourth-order valence-corrected chi connectivity index (χ4v) is 1.58. The number of benzene rings is 1. The molecule has 0 unspecified atom stereocenters. The van der Waals surface area contributed by atoms with Crippen molar-refractivity contribution in [1.82, 2.24) is 9.97 Å². The molecule has 0 saturated heterocycles. The Kier molecular flexibility index (Phi) is 3.62. The number of nitrogens with one attached hydrogen (secondary N) is 2. The Bertz CT molecular complexity index is 525. The highest BCUT2D eigenvalue weighted by Crippen LogP contribution is 2.20. The van der Waals surface area contributed by atoms with E-state index >= 15 is 0 Å². The van der Waals surface area contributed by atoms with Gasteiger partial charge in [0.05, 0.1) is 7.11 Å². The van der Waals surface area contributed by atoms with Gasteiger partial charge in [-0.15, -0.1) is 0 Å². The highest BCUT2D eigenvalue weighted by atomic mass is 16.5. The summed E-state index contributed by atoms with van der Waals surface area (Å²) in [5, 5.41) is 6.23. The quantitative estimate of drug-likeness (QED) is 0.865. The Labute approximate surface area is 106 Å². The first-order chi connectivity index (χ1) is 8.71. The van der Waals surface area contributed by atoms with Gasteiger partial charge in [-0.1, -0.05) is 0 Å². The lowest BCUT2D eigenvalue weighted by molar-refractivity contribution is 0.415. The van der Waals surface area contributed by atoms with Crippen molar-refractivity contribution in [3.8, 4) is 5.75 Å². The van der Waals surface area contributed by atoms with Crippen LogP contribution in [0.5, 0.6) is 5.75 Å². The first-order valence-corrected chi connectivity index (χ1v) is 5.66. The first kappa shape index (κ1) is 12.2. The molecule has 0 spiro atoms. The Balaban J connectivity index is 2.19. The fraction of sp³-hybridized carbons (Fsp3) is 0.231. The molecule has 2 rings (SSSR count). The molecule has 0 aliphatic heterocycles. The maximum atomic E-state index is 5.11. The zero-order chi connectivity index (χ0) is 13.0. The van der Waals surface area contributed by atoms with E-state index in [1.807, 2.05) is 44.3 Å². The number of rotatable bonds is 4. The molecule has 1 aromatic heterocycles. The number of hydrogen-bond donors (Lipinski definition) is 2. The van der Waals surface area contributed by atoms with E-state index in [9.17, 15) is 0 Å². The van der Waals surface area contributed by atoms with Crippen LogP contribution in [0, 0.1) is 6.92 Å². The second kappa shape index (κ2) is 5.35. The molecular formula is C13H16N4O. The van der Waals surface area contributed by atoms with Gasteiger partial charge in [-0.25, -0.2) is 9.97 Å². The largest absolute Gasteiger partial charge is 0.497 e. The maximum absolute atomic E-state index is 5.11. The van der Waals surface area contributed by atoms with Crippen LogP contribution in [0.2, 0.25) is 0 Å². The summed E-state index contributed by atoms with van der Waals surface area (Å²) >= 11 is 0. The minimum Gasteiger partial charge on any atom is -0.497 e. The van der Waals surface area contributed by atoms with Crippen molar-refractivity contribution >= 4 is 17.3 Å². The Morgan fingerprint density at radius 3 is 2.33 bits per heavy atom. The third-order valence-electron chi connectivity index (χ3n) is 2.46. The molecule has 0 radical (unpaired) electrons. The number of hydrogen-bond acceptors (Lipinski definition) is 5. The van der Waals surface area contributed by atoms with Crippen molar-refractivity contribution in [3.63, 3.8) is 0 Å². The van der Waals surface area contributed by atoms with Gasteiger partial charge in [0, 0.05) is 18.8 Å². The average molecular weight is 244 g/mol. The SMILES string of the molecule is CNc1cc(Nc2ccc(OC)cc2)nc(C)n1. The second-order valence-corrected chi connectivity index (χ2v) is 3.79. The van der Waals surface area contributed by atoms with Crippen molar-refractivity contribution < 1.29 is 4.74 Å². The second-order valence-electron chi connectivity index (χ2n) is 3.79. The van der Waals surface area contributed by atoms with E-state index in [1.54, 1.807) is 7.11 Å². The van der Waals surface area contributed by atoms with Gasteiger partial charge in [0.15, 0.2) is 0 Å². The zero-order valence-electron chi connectivity index (χ0n) is 10.7. The first-order valence-electron chi connectivity index (χ1n) is 5.66. The van der Waals surface area contributed by atoms with Crippen LogP contribution in [0.4, 0.5) is 17.3 Å². The normalized spacial score (nSPS) is 9.94. The predicted octanol–water partition coefficient (Wildman–Crippen LogP) is 2.58. The minimum absolute atomic E-state index is 0.720. The van der Waals surface area contributed by atoms with Crippen LogP contribution in [0.15, 0.2) is 30.3 Å². The van der Waals surface area contributed by atoms with E-state index in [-0.39, 0.29) is 0 Å². The lowest BCUT2D eigenvalue weighted by atomic mass is 10.3. The van der Waals surface area contributed by atoms with Crippen LogP contribution in [-0.4, -0.2) is 24.1 Å². The molecule has 2 N–H and O–H groups in total. The number of ether oxygens (including phenoxy) is 1. The summed E-state index contributed by atoms with van der Waals surface area (Å²) in [5.74, 6) is 3.10. The molecule has 0 amide bonds. The van der Waals surface area contributed by atoms with E-state index in [1.165, 1.54) is 0 Å². The summed E-state index contributed by atoms with van der Waals surface area (Å²) in [6.07, 6.45) is 0. The van der Waals surface area contributed by atoms with Crippen LogP contribution in [0.3, 0.4) is 0 Å². The van der Waals surface area contributed by atoms with E-state index in [0.29, 0.717) is 0 Å². The topological polar surface area (TPSA) is 59.1 Å². The molecule has 94 valence electrons. The van der Waals surface area contributed by atoms with Crippen LogP contribution >= 0.6 is 0 Å². The fourth-order valence-electron chi connectivity index (χ4n) is 1.58. The van der Waals surface area contributed by atoms with Gasteiger partial charge in [-0.3, -0.25) is 0 Å². The zero-order valence-corrected chi connectivity index (χ0v) is 10.7. The number of aryl methyl sites for hydroxylation is 1. The molecule has 2 aromatic rings. The third-order valence-corrected chi connectivity index (χ3v) is 2.46.